The normalized spacial score (nSPS) is 11.6. The fraction of sp³-hybridized carbons (Fsp3) is 0.462. The third-order valence-corrected chi connectivity index (χ3v) is 3.22. The van der Waals surface area contributed by atoms with Crippen molar-refractivity contribution in [1.82, 2.24) is 0 Å². The van der Waals surface area contributed by atoms with E-state index >= 15 is 0 Å². The molecule has 1 N–H and O–H groups in total. The van der Waals surface area contributed by atoms with Gasteiger partial charge in [0, 0.05) is 16.5 Å². The number of benzene rings is 1. The Morgan fingerprint density at radius 3 is 2.44 bits per heavy atom. The topological polar surface area (TPSA) is 37.3 Å². The second-order valence-electron chi connectivity index (χ2n) is 5.23. The van der Waals surface area contributed by atoms with Crippen LogP contribution in [0.2, 0.25) is 0 Å². The Balaban J connectivity index is 3.06. The predicted octanol–water partition coefficient (Wildman–Crippen LogP) is 4.08. The standard InChI is InChI=1S/C13H17BrO2/c1-8-10(14)6-5-9(12(8)16)11(15)7-13(2,3)4/h5-6,16H,7H2,1-4H3. The van der Waals surface area contributed by atoms with Crippen molar-refractivity contribution in [3.8, 4) is 5.75 Å². The van der Waals surface area contributed by atoms with Crippen LogP contribution in [-0.4, -0.2) is 10.9 Å². The maximum Gasteiger partial charge on any atom is 0.167 e. The van der Waals surface area contributed by atoms with Gasteiger partial charge in [-0.3, -0.25) is 4.79 Å². The molecule has 0 saturated heterocycles. The Labute approximate surface area is 105 Å². The zero-order valence-corrected chi connectivity index (χ0v) is 11.7. The van der Waals surface area contributed by atoms with Gasteiger partial charge >= 0.3 is 0 Å². The molecule has 0 atom stereocenters. The van der Waals surface area contributed by atoms with Crippen LogP contribution in [0, 0.1) is 12.3 Å². The number of halogens is 1. The van der Waals surface area contributed by atoms with Gasteiger partial charge in [-0.15, -0.1) is 0 Å². The van der Waals surface area contributed by atoms with E-state index in [1.165, 1.54) is 0 Å². The number of Topliss-reactive ketones (excluding diaryl/α,β-unsaturated/α-hetero) is 1. The van der Waals surface area contributed by atoms with Crippen LogP contribution in [0.1, 0.15) is 43.1 Å². The van der Waals surface area contributed by atoms with E-state index < -0.39 is 0 Å². The molecule has 0 heterocycles. The molecule has 1 rings (SSSR count). The summed E-state index contributed by atoms with van der Waals surface area (Å²) >= 11 is 3.32. The minimum atomic E-state index is -0.0650. The average Bonchev–Trinajstić information content (AvgIpc) is 2.11. The van der Waals surface area contributed by atoms with Crippen LogP contribution in [0.25, 0.3) is 0 Å². The maximum atomic E-state index is 12.0. The molecule has 0 spiro atoms. The molecule has 0 amide bonds. The number of phenolic OH excluding ortho intramolecular Hbond substituents is 1. The average molecular weight is 285 g/mol. The van der Waals surface area contributed by atoms with Crippen molar-refractivity contribution in [2.75, 3.05) is 0 Å². The van der Waals surface area contributed by atoms with Crippen molar-refractivity contribution in [3.05, 3.63) is 27.7 Å². The van der Waals surface area contributed by atoms with Crippen LogP contribution < -0.4 is 0 Å². The van der Waals surface area contributed by atoms with Gasteiger partial charge in [0.1, 0.15) is 5.75 Å². The summed E-state index contributed by atoms with van der Waals surface area (Å²) < 4.78 is 0.817. The van der Waals surface area contributed by atoms with Gasteiger partial charge in [-0.25, -0.2) is 0 Å². The lowest BCUT2D eigenvalue weighted by Crippen LogP contribution is -2.13. The zero-order valence-electron chi connectivity index (χ0n) is 10.1. The molecule has 0 aliphatic heterocycles. The van der Waals surface area contributed by atoms with Crippen LogP contribution in [0.3, 0.4) is 0 Å². The summed E-state index contributed by atoms with van der Waals surface area (Å²) in [4.78, 5) is 12.0. The first-order chi connectivity index (χ1) is 7.22. The number of carbonyl (C=O) groups excluding carboxylic acids is 1. The van der Waals surface area contributed by atoms with Crippen LogP contribution in [0.15, 0.2) is 16.6 Å². The molecular formula is C13H17BrO2. The molecule has 0 saturated carbocycles. The highest BCUT2D eigenvalue weighted by atomic mass is 79.9. The summed E-state index contributed by atoms with van der Waals surface area (Å²) in [6.45, 7) is 7.81. The Kier molecular flexibility index (Phi) is 3.79. The van der Waals surface area contributed by atoms with Crippen molar-refractivity contribution in [2.24, 2.45) is 5.41 Å². The Morgan fingerprint density at radius 2 is 1.94 bits per heavy atom. The SMILES string of the molecule is Cc1c(Br)ccc(C(=O)CC(C)(C)C)c1O. The molecule has 2 nitrogen and oxygen atoms in total. The minimum absolute atomic E-state index is 0.0133. The second kappa shape index (κ2) is 4.58. The van der Waals surface area contributed by atoms with E-state index in [1.807, 2.05) is 20.8 Å². The van der Waals surface area contributed by atoms with Crippen molar-refractivity contribution < 1.29 is 9.90 Å². The molecule has 16 heavy (non-hydrogen) atoms. The summed E-state index contributed by atoms with van der Waals surface area (Å²) in [5.41, 5.74) is 1.06. The van der Waals surface area contributed by atoms with Crippen LogP contribution in [0.4, 0.5) is 0 Å². The van der Waals surface area contributed by atoms with Gasteiger partial charge in [-0.05, 0) is 24.5 Å². The Morgan fingerprint density at radius 1 is 1.38 bits per heavy atom. The smallest absolute Gasteiger partial charge is 0.167 e. The van der Waals surface area contributed by atoms with Gasteiger partial charge in [-0.1, -0.05) is 36.7 Å². The summed E-state index contributed by atoms with van der Waals surface area (Å²) in [5.74, 6) is 0.0734. The van der Waals surface area contributed by atoms with Crippen molar-refractivity contribution in [1.29, 1.82) is 0 Å². The van der Waals surface area contributed by atoms with E-state index in [0.29, 0.717) is 17.5 Å². The van der Waals surface area contributed by atoms with E-state index in [1.54, 1.807) is 19.1 Å². The first-order valence-electron chi connectivity index (χ1n) is 5.23. The van der Waals surface area contributed by atoms with E-state index in [4.69, 9.17) is 0 Å². The monoisotopic (exact) mass is 284 g/mol. The lowest BCUT2D eigenvalue weighted by atomic mass is 9.87. The van der Waals surface area contributed by atoms with Gasteiger partial charge in [0.05, 0.1) is 5.56 Å². The molecule has 0 aliphatic rings. The van der Waals surface area contributed by atoms with Crippen molar-refractivity contribution in [2.45, 2.75) is 34.1 Å². The molecular weight excluding hydrogens is 268 g/mol. The number of aromatic hydroxyl groups is 1. The Bertz CT molecular complexity index is 417. The molecule has 0 fully saturated rings. The zero-order chi connectivity index (χ0) is 12.5. The third-order valence-electron chi connectivity index (χ3n) is 2.36. The fourth-order valence-electron chi connectivity index (χ4n) is 1.48. The van der Waals surface area contributed by atoms with Gasteiger partial charge in [-0.2, -0.15) is 0 Å². The molecule has 3 heteroatoms. The fourth-order valence-corrected chi connectivity index (χ4v) is 1.80. The van der Waals surface area contributed by atoms with Crippen LogP contribution >= 0.6 is 15.9 Å². The molecule has 0 unspecified atom stereocenters. The lowest BCUT2D eigenvalue weighted by molar-refractivity contribution is 0.0937. The quantitative estimate of drug-likeness (QED) is 0.831. The number of ketones is 1. The molecule has 0 aromatic heterocycles. The molecule has 0 aliphatic carbocycles. The van der Waals surface area contributed by atoms with E-state index in [9.17, 15) is 9.90 Å². The molecule has 88 valence electrons. The second-order valence-corrected chi connectivity index (χ2v) is 6.08. The number of hydrogen-bond donors (Lipinski definition) is 1. The maximum absolute atomic E-state index is 12.0. The number of rotatable bonds is 2. The highest BCUT2D eigenvalue weighted by molar-refractivity contribution is 9.10. The van der Waals surface area contributed by atoms with Gasteiger partial charge in [0.15, 0.2) is 5.78 Å². The minimum Gasteiger partial charge on any atom is -0.507 e. The number of phenols is 1. The number of carbonyl (C=O) groups is 1. The first-order valence-corrected chi connectivity index (χ1v) is 6.03. The first kappa shape index (κ1) is 13.2. The van der Waals surface area contributed by atoms with Gasteiger partial charge in [0.2, 0.25) is 0 Å². The lowest BCUT2D eigenvalue weighted by Gasteiger charge is -2.17. The molecule has 0 radical (unpaired) electrons. The van der Waals surface area contributed by atoms with Gasteiger partial charge in [0.25, 0.3) is 0 Å². The van der Waals surface area contributed by atoms with E-state index in [0.717, 1.165) is 4.47 Å². The van der Waals surface area contributed by atoms with Crippen molar-refractivity contribution >= 4 is 21.7 Å². The summed E-state index contributed by atoms with van der Waals surface area (Å²) in [7, 11) is 0. The largest absolute Gasteiger partial charge is 0.507 e. The van der Waals surface area contributed by atoms with Gasteiger partial charge < -0.3 is 5.11 Å². The third kappa shape index (κ3) is 3.08. The molecule has 1 aromatic rings. The van der Waals surface area contributed by atoms with E-state index in [-0.39, 0.29) is 16.9 Å². The molecule has 0 bridgehead atoms. The van der Waals surface area contributed by atoms with Crippen molar-refractivity contribution in [3.63, 3.8) is 0 Å². The number of hydrogen-bond acceptors (Lipinski definition) is 2. The van der Waals surface area contributed by atoms with Crippen LogP contribution in [-0.2, 0) is 0 Å². The summed E-state index contributed by atoms with van der Waals surface area (Å²) in [5, 5.41) is 9.89. The predicted molar refractivity (Wildman–Crippen MR) is 68.9 cm³/mol. The summed E-state index contributed by atoms with van der Waals surface area (Å²) in [6.07, 6.45) is 0.432. The van der Waals surface area contributed by atoms with Crippen LogP contribution in [0.5, 0.6) is 5.75 Å². The highest BCUT2D eigenvalue weighted by Gasteiger charge is 2.20. The Hall–Kier alpha value is -0.830. The molecule has 1 aromatic carbocycles. The highest BCUT2D eigenvalue weighted by Crippen LogP contribution is 2.31. The summed E-state index contributed by atoms with van der Waals surface area (Å²) in [6, 6.07) is 3.46. The van der Waals surface area contributed by atoms with E-state index in [2.05, 4.69) is 15.9 Å².